The van der Waals surface area contributed by atoms with Crippen LogP contribution in [-0.2, 0) is 4.74 Å². The zero-order valence-corrected chi connectivity index (χ0v) is 16.1. The molecule has 0 amide bonds. The second kappa shape index (κ2) is 8.61. The molecule has 1 saturated heterocycles. The Morgan fingerprint density at radius 2 is 1.92 bits per heavy atom. The van der Waals surface area contributed by atoms with Crippen molar-refractivity contribution in [1.29, 1.82) is 0 Å². The van der Waals surface area contributed by atoms with E-state index in [2.05, 4.69) is 49.1 Å². The maximum Gasteiger partial charge on any atom is 0.150 e. The fraction of sp³-hybridized carbons (Fsp3) is 0.435. The largest absolute Gasteiger partial charge is 0.373 e. The molecule has 1 aliphatic heterocycles. The fourth-order valence-corrected chi connectivity index (χ4v) is 3.55. The molecule has 3 heteroatoms. The van der Waals surface area contributed by atoms with Crippen LogP contribution in [0.25, 0.3) is 11.1 Å². The van der Waals surface area contributed by atoms with E-state index in [9.17, 15) is 4.79 Å². The number of rotatable bonds is 8. The van der Waals surface area contributed by atoms with Crippen molar-refractivity contribution in [2.75, 3.05) is 26.2 Å². The summed E-state index contributed by atoms with van der Waals surface area (Å²) in [5.41, 5.74) is 5.25. The van der Waals surface area contributed by atoms with Crippen molar-refractivity contribution in [2.24, 2.45) is 5.92 Å². The van der Waals surface area contributed by atoms with Crippen LogP contribution in [0, 0.1) is 12.8 Å². The molecule has 26 heavy (non-hydrogen) atoms. The highest BCUT2D eigenvalue weighted by molar-refractivity contribution is 5.80. The van der Waals surface area contributed by atoms with Gasteiger partial charge in [-0.3, -0.25) is 4.79 Å². The Morgan fingerprint density at radius 3 is 2.58 bits per heavy atom. The van der Waals surface area contributed by atoms with Gasteiger partial charge >= 0.3 is 0 Å². The normalized spacial score (nSPS) is 16.7. The Bertz CT molecular complexity index is 752. The van der Waals surface area contributed by atoms with Crippen molar-refractivity contribution in [3.63, 3.8) is 0 Å². The number of carbonyl (C=O) groups is 1. The molecule has 1 heterocycles. The zero-order valence-electron chi connectivity index (χ0n) is 16.1. The summed E-state index contributed by atoms with van der Waals surface area (Å²) in [7, 11) is 0. The molecule has 0 bridgehead atoms. The van der Waals surface area contributed by atoms with Crippen LogP contribution in [0.1, 0.15) is 47.9 Å². The molecular formula is C23H29NO2. The summed E-state index contributed by atoms with van der Waals surface area (Å²) in [6.07, 6.45) is 2.28. The lowest BCUT2D eigenvalue weighted by molar-refractivity contribution is 0.0275. The van der Waals surface area contributed by atoms with E-state index in [4.69, 9.17) is 4.74 Å². The first-order valence-corrected chi connectivity index (χ1v) is 9.57. The zero-order chi connectivity index (χ0) is 18.5. The summed E-state index contributed by atoms with van der Waals surface area (Å²) in [4.78, 5) is 13.6. The Kier molecular flexibility index (Phi) is 6.23. The van der Waals surface area contributed by atoms with Crippen molar-refractivity contribution in [3.05, 3.63) is 59.2 Å². The van der Waals surface area contributed by atoms with E-state index in [1.54, 1.807) is 0 Å². The molecule has 3 nitrogen and oxygen atoms in total. The van der Waals surface area contributed by atoms with Crippen molar-refractivity contribution in [2.45, 2.75) is 33.3 Å². The van der Waals surface area contributed by atoms with Crippen molar-refractivity contribution >= 4 is 6.29 Å². The number of hydrogen-bond donors (Lipinski definition) is 0. The molecule has 138 valence electrons. The highest BCUT2D eigenvalue weighted by Gasteiger charge is 2.18. The molecule has 0 radical (unpaired) electrons. The maximum absolute atomic E-state index is 11.1. The molecule has 2 aromatic rings. The lowest BCUT2D eigenvalue weighted by atomic mass is 9.94. The predicted octanol–water partition coefficient (Wildman–Crippen LogP) is 4.89. The van der Waals surface area contributed by atoms with Gasteiger partial charge in [-0.2, -0.15) is 0 Å². The van der Waals surface area contributed by atoms with Crippen LogP contribution in [0.15, 0.2) is 42.5 Å². The van der Waals surface area contributed by atoms with E-state index in [-0.39, 0.29) is 6.10 Å². The first-order chi connectivity index (χ1) is 12.6. The van der Waals surface area contributed by atoms with E-state index < -0.39 is 0 Å². The van der Waals surface area contributed by atoms with Gasteiger partial charge in [0.15, 0.2) is 0 Å². The topological polar surface area (TPSA) is 29.5 Å². The summed E-state index contributed by atoms with van der Waals surface area (Å²) < 4.78 is 6.21. The second-order valence-electron chi connectivity index (χ2n) is 7.51. The molecule has 2 atom stereocenters. The van der Waals surface area contributed by atoms with Gasteiger partial charge in [0.25, 0.3) is 0 Å². The quantitative estimate of drug-likeness (QED) is 0.634. The van der Waals surface area contributed by atoms with Gasteiger partial charge in [0.2, 0.25) is 0 Å². The van der Waals surface area contributed by atoms with Crippen LogP contribution in [0.2, 0.25) is 0 Å². The number of benzene rings is 2. The third-order valence-corrected chi connectivity index (χ3v) is 5.26. The molecule has 3 rings (SSSR count). The summed E-state index contributed by atoms with van der Waals surface area (Å²) in [5, 5.41) is 0. The molecule has 1 aliphatic rings. The molecule has 0 N–H and O–H groups in total. The minimum atomic E-state index is 0.0381. The van der Waals surface area contributed by atoms with Gasteiger partial charge in [0, 0.05) is 12.1 Å². The van der Waals surface area contributed by atoms with E-state index >= 15 is 0 Å². The first-order valence-electron chi connectivity index (χ1n) is 9.57. The summed E-state index contributed by atoms with van der Waals surface area (Å²) >= 11 is 0. The van der Waals surface area contributed by atoms with Gasteiger partial charge in [-0.1, -0.05) is 49.4 Å². The number of hydrogen-bond acceptors (Lipinski definition) is 3. The average Bonchev–Trinajstić information content (AvgIpc) is 2.62. The van der Waals surface area contributed by atoms with Crippen LogP contribution in [0.5, 0.6) is 0 Å². The summed E-state index contributed by atoms with van der Waals surface area (Å²) in [5.74, 6) is 0.541. The lowest BCUT2D eigenvalue weighted by Gasteiger charge is -2.33. The Balaban J connectivity index is 1.71. The number of ether oxygens (including phenoxy) is 1. The molecular weight excluding hydrogens is 322 g/mol. The lowest BCUT2D eigenvalue weighted by Crippen LogP contribution is -2.40. The average molecular weight is 351 g/mol. The summed E-state index contributed by atoms with van der Waals surface area (Å²) in [6, 6.07) is 14.4. The molecule has 0 spiro atoms. The second-order valence-corrected chi connectivity index (χ2v) is 7.51. The van der Waals surface area contributed by atoms with E-state index in [1.807, 2.05) is 19.1 Å². The number of nitrogens with zero attached hydrogens (tertiary/aromatic N) is 1. The monoisotopic (exact) mass is 351 g/mol. The molecule has 0 aromatic heterocycles. The minimum absolute atomic E-state index is 0.0381. The van der Waals surface area contributed by atoms with E-state index in [0.717, 1.165) is 36.1 Å². The predicted molar refractivity (Wildman–Crippen MR) is 107 cm³/mol. The number of aryl methyl sites for hydroxylation is 1. The van der Waals surface area contributed by atoms with Crippen LogP contribution in [-0.4, -0.2) is 37.4 Å². The van der Waals surface area contributed by atoms with Crippen molar-refractivity contribution < 1.29 is 9.53 Å². The van der Waals surface area contributed by atoms with Gasteiger partial charge in [0.05, 0.1) is 12.7 Å². The molecule has 0 aliphatic carbocycles. The maximum atomic E-state index is 11.1. The first kappa shape index (κ1) is 18.8. The Labute approximate surface area is 157 Å². The van der Waals surface area contributed by atoms with Crippen LogP contribution < -0.4 is 0 Å². The molecule has 2 aromatic carbocycles. The third kappa shape index (κ3) is 4.40. The number of carbonyl (C=O) groups excluding carboxylic acids is 1. The Hall–Kier alpha value is -1.97. The van der Waals surface area contributed by atoms with E-state index in [0.29, 0.717) is 5.92 Å². The standard InChI is InChI=1S/C23H29NO2/c1-17(14-24-11-6-12-24)16-26-19(3)22-7-4-5-8-23(22)20-9-10-21(15-25)18(2)13-20/h4-5,7-10,13,15,17,19H,6,11-12,14,16H2,1-3H3. The van der Waals surface area contributed by atoms with E-state index in [1.165, 1.54) is 30.6 Å². The summed E-state index contributed by atoms with van der Waals surface area (Å²) in [6.45, 7) is 10.7. The number of aldehydes is 1. The third-order valence-electron chi connectivity index (χ3n) is 5.26. The Morgan fingerprint density at radius 1 is 1.15 bits per heavy atom. The molecule has 2 unspecified atom stereocenters. The highest BCUT2D eigenvalue weighted by atomic mass is 16.5. The smallest absolute Gasteiger partial charge is 0.150 e. The van der Waals surface area contributed by atoms with Crippen LogP contribution >= 0.6 is 0 Å². The van der Waals surface area contributed by atoms with Crippen molar-refractivity contribution in [1.82, 2.24) is 4.90 Å². The van der Waals surface area contributed by atoms with Gasteiger partial charge in [0.1, 0.15) is 6.29 Å². The van der Waals surface area contributed by atoms with Gasteiger partial charge in [-0.15, -0.1) is 0 Å². The van der Waals surface area contributed by atoms with Crippen LogP contribution in [0.3, 0.4) is 0 Å². The minimum Gasteiger partial charge on any atom is -0.373 e. The molecule has 1 fully saturated rings. The van der Waals surface area contributed by atoms with Crippen LogP contribution in [0.4, 0.5) is 0 Å². The fourth-order valence-electron chi connectivity index (χ4n) is 3.55. The molecule has 0 saturated carbocycles. The SMILES string of the molecule is Cc1cc(-c2ccccc2C(C)OCC(C)CN2CCC2)ccc1C=O. The van der Waals surface area contributed by atoms with Crippen molar-refractivity contribution in [3.8, 4) is 11.1 Å². The number of likely N-dealkylation sites (tertiary alicyclic amines) is 1. The van der Waals surface area contributed by atoms with Gasteiger partial charge in [-0.05, 0) is 61.5 Å². The van der Waals surface area contributed by atoms with Gasteiger partial charge < -0.3 is 9.64 Å². The van der Waals surface area contributed by atoms with Gasteiger partial charge in [-0.25, -0.2) is 0 Å². The highest BCUT2D eigenvalue weighted by Crippen LogP contribution is 2.31.